The van der Waals surface area contributed by atoms with Gasteiger partial charge in [-0.2, -0.15) is 0 Å². The molecule has 0 amide bonds. The van der Waals surface area contributed by atoms with Gasteiger partial charge in [0.25, 0.3) is 0 Å². The van der Waals surface area contributed by atoms with Crippen LogP contribution in [0, 0.1) is 0 Å². The minimum absolute atomic E-state index is 0.444. The highest BCUT2D eigenvalue weighted by atomic mass is 79.9. The Balaban J connectivity index is 2.18. The fourth-order valence-corrected chi connectivity index (χ4v) is 3.29. The zero-order valence-electron chi connectivity index (χ0n) is 10.2. The minimum atomic E-state index is 0.444. The topological polar surface area (TPSA) is 24.4 Å². The summed E-state index contributed by atoms with van der Waals surface area (Å²) in [6.07, 6.45) is 2.20. The van der Waals surface area contributed by atoms with Crippen LogP contribution in [0.4, 0.5) is 5.69 Å². The van der Waals surface area contributed by atoms with Crippen LogP contribution in [-0.2, 0) is 6.42 Å². The summed E-state index contributed by atoms with van der Waals surface area (Å²) in [4.78, 5) is 4.63. The smallest absolute Gasteiger partial charge is 0.161 e. The standard InChI is InChI=1S/C13H17BrN2S/c1-3-10-8-11(14)4-5-12(10)16-13-15-9(2)6-7-17-13/h4-5,8-9H,3,6-7H2,1-2H3,(H,15,16). The first kappa shape index (κ1) is 13.0. The number of hydrogen-bond donors (Lipinski definition) is 1. The van der Waals surface area contributed by atoms with Crippen molar-refractivity contribution < 1.29 is 0 Å². The highest BCUT2D eigenvalue weighted by molar-refractivity contribution is 9.10. The van der Waals surface area contributed by atoms with Crippen molar-refractivity contribution in [3.63, 3.8) is 0 Å². The Labute approximate surface area is 115 Å². The molecule has 0 spiro atoms. The van der Waals surface area contributed by atoms with Gasteiger partial charge in [-0.25, -0.2) is 0 Å². The highest BCUT2D eigenvalue weighted by Gasteiger charge is 2.12. The Morgan fingerprint density at radius 1 is 1.53 bits per heavy atom. The second-order valence-corrected chi connectivity index (χ2v) is 6.20. The maximum atomic E-state index is 4.63. The maximum Gasteiger partial charge on any atom is 0.161 e. The largest absolute Gasteiger partial charge is 0.335 e. The van der Waals surface area contributed by atoms with E-state index in [-0.39, 0.29) is 0 Å². The molecule has 2 nitrogen and oxygen atoms in total. The van der Waals surface area contributed by atoms with Crippen molar-refractivity contribution >= 4 is 38.5 Å². The number of benzene rings is 1. The number of aryl methyl sites for hydroxylation is 1. The van der Waals surface area contributed by atoms with Crippen LogP contribution in [0.3, 0.4) is 0 Å². The molecule has 0 radical (unpaired) electrons. The molecule has 1 unspecified atom stereocenters. The molecule has 0 fully saturated rings. The molecule has 1 N–H and O–H groups in total. The number of hydrogen-bond acceptors (Lipinski definition) is 3. The van der Waals surface area contributed by atoms with Gasteiger partial charge in [0.15, 0.2) is 5.17 Å². The zero-order chi connectivity index (χ0) is 12.3. The van der Waals surface area contributed by atoms with Crippen molar-refractivity contribution in [2.45, 2.75) is 32.7 Å². The van der Waals surface area contributed by atoms with E-state index in [1.165, 1.54) is 17.7 Å². The van der Waals surface area contributed by atoms with Gasteiger partial charge in [-0.05, 0) is 43.5 Å². The van der Waals surface area contributed by atoms with Crippen molar-refractivity contribution in [3.8, 4) is 0 Å². The lowest BCUT2D eigenvalue weighted by Crippen LogP contribution is -2.18. The van der Waals surface area contributed by atoms with E-state index in [1.807, 2.05) is 11.8 Å². The van der Waals surface area contributed by atoms with Gasteiger partial charge in [-0.1, -0.05) is 34.6 Å². The third-order valence-electron chi connectivity index (χ3n) is 2.80. The van der Waals surface area contributed by atoms with Gasteiger partial charge in [0.2, 0.25) is 0 Å². The molecular weight excluding hydrogens is 296 g/mol. The molecule has 1 aliphatic heterocycles. The molecule has 4 heteroatoms. The zero-order valence-corrected chi connectivity index (χ0v) is 12.6. The monoisotopic (exact) mass is 312 g/mol. The van der Waals surface area contributed by atoms with Gasteiger partial charge in [-0.15, -0.1) is 0 Å². The molecule has 0 aromatic heterocycles. The molecule has 1 aromatic rings. The number of rotatable bonds is 2. The summed E-state index contributed by atoms with van der Waals surface area (Å²) in [6, 6.07) is 6.80. The Morgan fingerprint density at radius 3 is 3.06 bits per heavy atom. The Morgan fingerprint density at radius 2 is 2.35 bits per heavy atom. The number of nitrogens with one attached hydrogen (secondary N) is 1. The van der Waals surface area contributed by atoms with Crippen molar-refractivity contribution in [1.29, 1.82) is 0 Å². The normalized spacial score (nSPS) is 19.9. The number of thioether (sulfide) groups is 1. The van der Waals surface area contributed by atoms with Crippen LogP contribution in [0.5, 0.6) is 0 Å². The Hall–Kier alpha value is -0.480. The predicted octanol–water partition coefficient (Wildman–Crippen LogP) is 4.30. The van der Waals surface area contributed by atoms with Gasteiger partial charge in [0.05, 0.1) is 6.04 Å². The summed E-state index contributed by atoms with van der Waals surface area (Å²) in [7, 11) is 0. The molecule has 92 valence electrons. The van der Waals surface area contributed by atoms with Crippen LogP contribution in [0.25, 0.3) is 0 Å². The Bertz CT molecular complexity index is 431. The molecule has 1 atom stereocenters. The highest BCUT2D eigenvalue weighted by Crippen LogP contribution is 2.24. The van der Waals surface area contributed by atoms with Crippen molar-refractivity contribution in [3.05, 3.63) is 28.2 Å². The van der Waals surface area contributed by atoms with Gasteiger partial charge in [0.1, 0.15) is 0 Å². The van der Waals surface area contributed by atoms with Gasteiger partial charge >= 0.3 is 0 Å². The van der Waals surface area contributed by atoms with Gasteiger partial charge in [-0.3, -0.25) is 4.99 Å². The minimum Gasteiger partial charge on any atom is -0.335 e. The second kappa shape index (κ2) is 5.91. The molecule has 2 rings (SSSR count). The molecule has 0 saturated carbocycles. The number of halogens is 1. The van der Waals surface area contributed by atoms with Crippen LogP contribution < -0.4 is 5.32 Å². The van der Waals surface area contributed by atoms with E-state index in [1.54, 1.807) is 0 Å². The lowest BCUT2D eigenvalue weighted by Gasteiger charge is -2.19. The summed E-state index contributed by atoms with van der Waals surface area (Å²) in [5.74, 6) is 1.16. The van der Waals surface area contributed by atoms with E-state index in [4.69, 9.17) is 0 Å². The molecule has 17 heavy (non-hydrogen) atoms. The fraction of sp³-hybridized carbons (Fsp3) is 0.462. The average molecular weight is 313 g/mol. The van der Waals surface area contributed by atoms with Gasteiger partial charge < -0.3 is 5.32 Å². The summed E-state index contributed by atoms with van der Waals surface area (Å²) >= 11 is 5.32. The number of nitrogens with zero attached hydrogens (tertiary/aromatic N) is 1. The maximum absolute atomic E-state index is 4.63. The molecular formula is C13H17BrN2S. The molecule has 1 aromatic carbocycles. The summed E-state index contributed by atoms with van der Waals surface area (Å²) in [5, 5.41) is 4.51. The fourth-order valence-electron chi connectivity index (χ4n) is 1.79. The SMILES string of the molecule is CCc1cc(Br)ccc1NC1=NC(C)CCS1. The third kappa shape index (κ3) is 3.49. The molecule has 0 bridgehead atoms. The summed E-state index contributed by atoms with van der Waals surface area (Å²) < 4.78 is 1.13. The quantitative estimate of drug-likeness (QED) is 0.880. The van der Waals surface area contributed by atoms with Crippen molar-refractivity contribution in [2.75, 3.05) is 11.1 Å². The molecule has 0 saturated heterocycles. The molecule has 1 aliphatic rings. The van der Waals surface area contributed by atoms with Crippen molar-refractivity contribution in [1.82, 2.24) is 0 Å². The van der Waals surface area contributed by atoms with E-state index < -0.39 is 0 Å². The van der Waals surface area contributed by atoms with Crippen LogP contribution in [0.2, 0.25) is 0 Å². The van der Waals surface area contributed by atoms with Crippen molar-refractivity contribution in [2.24, 2.45) is 4.99 Å². The number of aliphatic imine (C=N–C) groups is 1. The summed E-state index contributed by atoms with van der Waals surface area (Å²) in [6.45, 7) is 4.34. The Kier molecular flexibility index (Phi) is 4.51. The summed E-state index contributed by atoms with van der Waals surface area (Å²) in [5.41, 5.74) is 2.50. The van der Waals surface area contributed by atoms with Gasteiger partial charge in [0, 0.05) is 15.9 Å². The van der Waals surface area contributed by atoms with Crippen LogP contribution in [-0.4, -0.2) is 17.0 Å². The van der Waals surface area contributed by atoms with E-state index >= 15 is 0 Å². The number of amidine groups is 1. The van der Waals surface area contributed by atoms with E-state index in [0.717, 1.165) is 21.8 Å². The number of anilines is 1. The second-order valence-electron chi connectivity index (χ2n) is 4.20. The lowest BCUT2D eigenvalue weighted by molar-refractivity contribution is 0.720. The van der Waals surface area contributed by atoms with E-state index in [2.05, 4.69) is 58.3 Å². The van der Waals surface area contributed by atoms with Crippen LogP contribution in [0.1, 0.15) is 25.8 Å². The van der Waals surface area contributed by atoms with Crippen LogP contribution in [0.15, 0.2) is 27.7 Å². The third-order valence-corrected chi connectivity index (χ3v) is 4.22. The van der Waals surface area contributed by atoms with E-state index in [9.17, 15) is 0 Å². The first-order valence-electron chi connectivity index (χ1n) is 5.95. The predicted molar refractivity (Wildman–Crippen MR) is 81.1 cm³/mol. The first-order chi connectivity index (χ1) is 8.19. The first-order valence-corrected chi connectivity index (χ1v) is 7.73. The van der Waals surface area contributed by atoms with E-state index in [0.29, 0.717) is 6.04 Å². The van der Waals surface area contributed by atoms with Crippen LogP contribution >= 0.6 is 27.7 Å². The lowest BCUT2D eigenvalue weighted by atomic mass is 10.1. The average Bonchev–Trinajstić information content (AvgIpc) is 2.31. The molecule has 0 aliphatic carbocycles. The molecule has 1 heterocycles.